The van der Waals surface area contributed by atoms with E-state index in [0.29, 0.717) is 0 Å². The average molecular weight is 276 g/mol. The molecule has 0 saturated heterocycles. The first-order valence-corrected chi connectivity index (χ1v) is 7.47. The molecule has 2 aromatic carbocycles. The standard InChI is InChI=1S/C15H16O3S/c1-4-11-5-6-14-12(7-11)8-13(19(16,17)18)9-15(14)10(2)3/h5-9H,2,4H2,1,3H3,(H,16,17,18). The first-order chi connectivity index (χ1) is 8.82. The third kappa shape index (κ3) is 2.69. The summed E-state index contributed by atoms with van der Waals surface area (Å²) in [6.45, 7) is 7.72. The Bertz CT molecular complexity index is 758. The molecule has 0 aromatic heterocycles. The van der Waals surface area contributed by atoms with Crippen LogP contribution >= 0.6 is 0 Å². The molecule has 0 aliphatic heterocycles. The monoisotopic (exact) mass is 276 g/mol. The van der Waals surface area contributed by atoms with Crippen LogP contribution in [0.25, 0.3) is 16.3 Å². The summed E-state index contributed by atoms with van der Waals surface area (Å²) in [5.41, 5.74) is 2.63. The van der Waals surface area contributed by atoms with Crippen LogP contribution in [0.15, 0.2) is 41.8 Å². The Kier molecular flexibility index (Phi) is 3.47. The van der Waals surface area contributed by atoms with Crippen molar-refractivity contribution in [3.8, 4) is 0 Å². The molecule has 0 atom stereocenters. The summed E-state index contributed by atoms with van der Waals surface area (Å²) in [5, 5.41) is 1.74. The van der Waals surface area contributed by atoms with Gasteiger partial charge in [-0.3, -0.25) is 4.55 Å². The lowest BCUT2D eigenvalue weighted by Crippen LogP contribution is -1.99. The fraction of sp³-hybridized carbons (Fsp3) is 0.200. The highest BCUT2D eigenvalue weighted by Gasteiger charge is 2.14. The van der Waals surface area contributed by atoms with Gasteiger partial charge >= 0.3 is 0 Å². The number of hydrogen-bond acceptors (Lipinski definition) is 2. The van der Waals surface area contributed by atoms with Gasteiger partial charge in [0.25, 0.3) is 10.1 Å². The molecule has 0 unspecified atom stereocenters. The number of rotatable bonds is 3. The number of aryl methyl sites for hydroxylation is 1. The van der Waals surface area contributed by atoms with Gasteiger partial charge < -0.3 is 0 Å². The van der Waals surface area contributed by atoms with Crippen molar-refractivity contribution in [2.45, 2.75) is 25.2 Å². The molecule has 1 N–H and O–H groups in total. The van der Waals surface area contributed by atoms with Crippen molar-refractivity contribution in [2.24, 2.45) is 0 Å². The van der Waals surface area contributed by atoms with Crippen LogP contribution in [0.5, 0.6) is 0 Å². The molecule has 19 heavy (non-hydrogen) atoms. The van der Waals surface area contributed by atoms with Crippen LogP contribution in [0.4, 0.5) is 0 Å². The number of hydrogen-bond donors (Lipinski definition) is 1. The summed E-state index contributed by atoms with van der Waals surface area (Å²) in [6, 6.07) is 8.88. The van der Waals surface area contributed by atoms with E-state index in [4.69, 9.17) is 0 Å². The lowest BCUT2D eigenvalue weighted by atomic mass is 9.98. The van der Waals surface area contributed by atoms with Crippen molar-refractivity contribution in [1.29, 1.82) is 0 Å². The average Bonchev–Trinajstić information content (AvgIpc) is 2.35. The van der Waals surface area contributed by atoms with Crippen molar-refractivity contribution in [1.82, 2.24) is 0 Å². The molecule has 0 spiro atoms. The third-order valence-electron chi connectivity index (χ3n) is 3.16. The Morgan fingerprint density at radius 3 is 2.47 bits per heavy atom. The van der Waals surface area contributed by atoms with Crippen molar-refractivity contribution in [2.75, 3.05) is 0 Å². The summed E-state index contributed by atoms with van der Waals surface area (Å²) in [6.07, 6.45) is 0.869. The van der Waals surface area contributed by atoms with Gasteiger partial charge in [0.2, 0.25) is 0 Å². The van der Waals surface area contributed by atoms with E-state index in [2.05, 4.69) is 6.58 Å². The van der Waals surface area contributed by atoms with Crippen LogP contribution in [0.3, 0.4) is 0 Å². The second-order valence-electron chi connectivity index (χ2n) is 4.64. The first kappa shape index (κ1) is 13.8. The van der Waals surface area contributed by atoms with Crippen LogP contribution < -0.4 is 0 Å². The molecule has 0 aliphatic rings. The molecule has 0 heterocycles. The maximum absolute atomic E-state index is 11.3. The van der Waals surface area contributed by atoms with Gasteiger partial charge in [0, 0.05) is 0 Å². The number of allylic oxidation sites excluding steroid dienone is 1. The maximum Gasteiger partial charge on any atom is 0.294 e. The normalized spacial score (nSPS) is 11.7. The minimum absolute atomic E-state index is 0.0914. The summed E-state index contributed by atoms with van der Waals surface area (Å²) >= 11 is 0. The molecule has 2 rings (SSSR count). The lowest BCUT2D eigenvalue weighted by Gasteiger charge is -2.10. The summed E-state index contributed by atoms with van der Waals surface area (Å²) < 4.78 is 31.9. The fourth-order valence-electron chi connectivity index (χ4n) is 2.11. The predicted octanol–water partition coefficient (Wildman–Crippen LogP) is 3.68. The highest BCUT2D eigenvalue weighted by molar-refractivity contribution is 7.85. The molecule has 2 aromatic rings. The number of benzene rings is 2. The molecular formula is C15H16O3S. The largest absolute Gasteiger partial charge is 0.294 e. The van der Waals surface area contributed by atoms with Crippen LogP contribution in [-0.4, -0.2) is 13.0 Å². The van der Waals surface area contributed by atoms with Gasteiger partial charge in [0.15, 0.2) is 0 Å². The van der Waals surface area contributed by atoms with Crippen molar-refractivity contribution in [3.63, 3.8) is 0 Å². The lowest BCUT2D eigenvalue weighted by molar-refractivity contribution is 0.483. The van der Waals surface area contributed by atoms with Crippen LogP contribution in [0, 0.1) is 0 Å². The number of fused-ring (bicyclic) bond motifs is 1. The summed E-state index contributed by atoms with van der Waals surface area (Å²) in [4.78, 5) is -0.0914. The van der Waals surface area contributed by atoms with E-state index in [9.17, 15) is 13.0 Å². The van der Waals surface area contributed by atoms with Gasteiger partial charge in [0.1, 0.15) is 0 Å². The van der Waals surface area contributed by atoms with E-state index >= 15 is 0 Å². The minimum Gasteiger partial charge on any atom is -0.282 e. The van der Waals surface area contributed by atoms with E-state index in [1.54, 1.807) is 0 Å². The van der Waals surface area contributed by atoms with E-state index in [0.717, 1.165) is 33.9 Å². The van der Waals surface area contributed by atoms with Crippen LogP contribution in [0.2, 0.25) is 0 Å². The summed E-state index contributed by atoms with van der Waals surface area (Å²) in [7, 11) is -4.21. The van der Waals surface area contributed by atoms with E-state index in [-0.39, 0.29) is 4.90 Å². The van der Waals surface area contributed by atoms with Gasteiger partial charge in [-0.05, 0) is 47.4 Å². The third-order valence-corrected chi connectivity index (χ3v) is 3.99. The highest BCUT2D eigenvalue weighted by Crippen LogP contribution is 2.28. The maximum atomic E-state index is 11.3. The second kappa shape index (κ2) is 4.79. The summed E-state index contributed by atoms with van der Waals surface area (Å²) in [5.74, 6) is 0. The van der Waals surface area contributed by atoms with Crippen molar-refractivity contribution < 1.29 is 13.0 Å². The molecule has 0 fully saturated rings. The van der Waals surface area contributed by atoms with E-state index in [1.165, 1.54) is 12.1 Å². The molecule has 4 heteroatoms. The Balaban J connectivity index is 2.87. The zero-order chi connectivity index (χ0) is 14.2. The smallest absolute Gasteiger partial charge is 0.282 e. The SMILES string of the molecule is C=C(C)c1cc(S(=O)(=O)O)cc2cc(CC)ccc12. The second-order valence-corrected chi connectivity index (χ2v) is 6.06. The Labute approximate surface area is 113 Å². The van der Waals surface area contributed by atoms with Crippen LogP contribution in [0.1, 0.15) is 25.0 Å². The fourth-order valence-corrected chi connectivity index (χ4v) is 2.66. The van der Waals surface area contributed by atoms with Gasteiger partial charge in [-0.15, -0.1) is 0 Å². The van der Waals surface area contributed by atoms with E-state index < -0.39 is 10.1 Å². The van der Waals surface area contributed by atoms with Crippen LogP contribution in [-0.2, 0) is 16.5 Å². The molecule has 0 aliphatic carbocycles. The molecule has 3 nitrogen and oxygen atoms in total. The highest BCUT2D eigenvalue weighted by atomic mass is 32.2. The zero-order valence-electron chi connectivity index (χ0n) is 11.0. The van der Waals surface area contributed by atoms with Crippen molar-refractivity contribution in [3.05, 3.63) is 48.0 Å². The topological polar surface area (TPSA) is 54.4 Å². The van der Waals surface area contributed by atoms with Gasteiger partial charge in [-0.2, -0.15) is 8.42 Å². The minimum atomic E-state index is -4.21. The van der Waals surface area contributed by atoms with Gasteiger partial charge in [-0.1, -0.05) is 37.3 Å². The molecule has 0 amide bonds. The zero-order valence-corrected chi connectivity index (χ0v) is 11.8. The van der Waals surface area contributed by atoms with Crippen molar-refractivity contribution >= 4 is 26.5 Å². The van der Waals surface area contributed by atoms with E-state index in [1.807, 2.05) is 32.0 Å². The van der Waals surface area contributed by atoms with Gasteiger partial charge in [0.05, 0.1) is 4.90 Å². The molecule has 0 radical (unpaired) electrons. The Morgan fingerprint density at radius 1 is 1.26 bits per heavy atom. The predicted molar refractivity (Wildman–Crippen MR) is 77.8 cm³/mol. The molecular weight excluding hydrogens is 260 g/mol. The Morgan fingerprint density at radius 2 is 1.95 bits per heavy atom. The van der Waals surface area contributed by atoms with Gasteiger partial charge in [-0.25, -0.2) is 0 Å². The Hall–Kier alpha value is -1.65. The first-order valence-electron chi connectivity index (χ1n) is 6.03. The molecule has 0 bridgehead atoms. The quantitative estimate of drug-likeness (QED) is 0.870. The molecule has 100 valence electrons. The molecule has 0 saturated carbocycles.